The second-order valence-electron chi connectivity index (χ2n) is 8.00. The lowest BCUT2D eigenvalue weighted by atomic mass is 10.0. The first kappa shape index (κ1) is 21.8. The van der Waals surface area contributed by atoms with E-state index in [1.165, 1.54) is 0 Å². The van der Waals surface area contributed by atoms with E-state index in [1.54, 1.807) is 30.3 Å². The van der Waals surface area contributed by atoms with Crippen molar-refractivity contribution in [1.29, 1.82) is 0 Å². The van der Waals surface area contributed by atoms with Crippen LogP contribution in [0.15, 0.2) is 36.5 Å². The van der Waals surface area contributed by atoms with E-state index in [9.17, 15) is 9.59 Å². The fraction of sp³-hybridized carbons (Fsp3) is 0.435. The Morgan fingerprint density at radius 3 is 2.70 bits per heavy atom. The normalized spacial score (nSPS) is 17.2. The third-order valence-electron chi connectivity index (χ3n) is 5.29. The molecule has 2 aromatic rings. The molecule has 2 atom stereocenters. The summed E-state index contributed by atoms with van der Waals surface area (Å²) in [6.45, 7) is 8.66. The van der Waals surface area contributed by atoms with Gasteiger partial charge in [0.25, 0.3) is 5.91 Å². The lowest BCUT2D eigenvalue weighted by molar-refractivity contribution is 0.0870. The van der Waals surface area contributed by atoms with Gasteiger partial charge in [-0.2, -0.15) is 0 Å². The van der Waals surface area contributed by atoms with Gasteiger partial charge in [0, 0.05) is 36.7 Å². The minimum atomic E-state index is -0.401. The Bertz CT molecular complexity index is 911. The Morgan fingerprint density at radius 1 is 1.30 bits per heavy atom. The summed E-state index contributed by atoms with van der Waals surface area (Å²) in [4.78, 5) is 31.5. The first-order valence-electron chi connectivity index (χ1n) is 10.1. The van der Waals surface area contributed by atoms with Crippen molar-refractivity contribution in [2.75, 3.05) is 25.2 Å². The molecule has 1 aromatic heterocycles. The molecule has 0 spiro atoms. The number of nitrogens with zero attached hydrogens (tertiary/aromatic N) is 2. The highest BCUT2D eigenvalue weighted by Crippen LogP contribution is 2.32. The Balaban J connectivity index is 2.03. The number of rotatable bonds is 7. The van der Waals surface area contributed by atoms with Crippen LogP contribution in [-0.2, 0) is 9.47 Å². The zero-order valence-corrected chi connectivity index (χ0v) is 18.1. The van der Waals surface area contributed by atoms with E-state index in [2.05, 4.69) is 10.3 Å². The van der Waals surface area contributed by atoms with Crippen LogP contribution in [-0.4, -0.2) is 49.4 Å². The fourth-order valence-electron chi connectivity index (χ4n) is 3.31. The monoisotopic (exact) mass is 411 g/mol. The Morgan fingerprint density at radius 2 is 2.07 bits per heavy atom. The largest absolute Gasteiger partial charge is 0.447 e. The molecule has 3 rings (SSSR count). The number of anilines is 1. The van der Waals surface area contributed by atoms with Gasteiger partial charge in [-0.1, -0.05) is 19.9 Å². The number of benzene rings is 1. The molecule has 2 heterocycles. The van der Waals surface area contributed by atoms with E-state index in [0.717, 1.165) is 16.8 Å². The molecule has 30 heavy (non-hydrogen) atoms. The summed E-state index contributed by atoms with van der Waals surface area (Å²) in [5, 5.41) is 2.88. The lowest BCUT2D eigenvalue weighted by Gasteiger charge is -2.25. The zero-order chi connectivity index (χ0) is 21.8. The van der Waals surface area contributed by atoms with E-state index in [1.807, 2.05) is 45.9 Å². The highest BCUT2D eigenvalue weighted by molar-refractivity contribution is 5.99. The molecule has 1 fully saturated rings. The van der Waals surface area contributed by atoms with Gasteiger partial charge in [-0.15, -0.1) is 0 Å². The second-order valence-corrected chi connectivity index (χ2v) is 8.00. The maximum Gasteiger partial charge on any atom is 0.414 e. The zero-order valence-electron chi connectivity index (χ0n) is 18.1. The van der Waals surface area contributed by atoms with Crippen LogP contribution < -0.4 is 10.2 Å². The number of carbonyl (C=O) groups is 2. The summed E-state index contributed by atoms with van der Waals surface area (Å²) in [6.07, 6.45) is 1.28. The minimum Gasteiger partial charge on any atom is -0.447 e. The van der Waals surface area contributed by atoms with Crippen LogP contribution in [0.1, 0.15) is 36.7 Å². The third kappa shape index (κ3) is 4.79. The minimum absolute atomic E-state index is 0.0943. The van der Waals surface area contributed by atoms with Crippen molar-refractivity contribution in [3.05, 3.63) is 47.7 Å². The van der Waals surface area contributed by atoms with Crippen molar-refractivity contribution >= 4 is 17.7 Å². The molecule has 7 heteroatoms. The quantitative estimate of drug-likeness (QED) is 0.749. The van der Waals surface area contributed by atoms with E-state index in [4.69, 9.17) is 9.47 Å². The summed E-state index contributed by atoms with van der Waals surface area (Å²) >= 11 is 0. The highest BCUT2D eigenvalue weighted by Gasteiger charge is 2.36. The van der Waals surface area contributed by atoms with Gasteiger partial charge >= 0.3 is 6.09 Å². The van der Waals surface area contributed by atoms with Crippen LogP contribution in [0, 0.1) is 12.8 Å². The van der Waals surface area contributed by atoms with Crippen molar-refractivity contribution in [3.8, 4) is 11.3 Å². The van der Waals surface area contributed by atoms with Crippen molar-refractivity contribution in [2.45, 2.75) is 39.8 Å². The average molecular weight is 412 g/mol. The Labute approximate surface area is 177 Å². The highest BCUT2D eigenvalue weighted by atomic mass is 16.6. The number of aryl methyl sites for hydroxylation is 1. The molecule has 1 aliphatic rings. The molecule has 0 saturated carbocycles. The molecule has 1 aromatic carbocycles. The first-order chi connectivity index (χ1) is 14.3. The smallest absolute Gasteiger partial charge is 0.414 e. The molecule has 7 nitrogen and oxygen atoms in total. The maximum absolute atomic E-state index is 12.8. The molecular weight excluding hydrogens is 382 g/mol. The summed E-state index contributed by atoms with van der Waals surface area (Å²) in [6, 6.07) is 9.19. The molecule has 0 unspecified atom stereocenters. The molecule has 160 valence electrons. The summed E-state index contributed by atoms with van der Waals surface area (Å²) < 4.78 is 10.5. The number of carbonyl (C=O) groups excluding carboxylic acids is 2. The van der Waals surface area contributed by atoms with Crippen LogP contribution in [0.2, 0.25) is 0 Å². The van der Waals surface area contributed by atoms with Gasteiger partial charge in [0.1, 0.15) is 6.61 Å². The van der Waals surface area contributed by atoms with E-state index >= 15 is 0 Å². The van der Waals surface area contributed by atoms with Crippen LogP contribution >= 0.6 is 0 Å². The maximum atomic E-state index is 12.8. The number of ether oxygens (including phenoxy) is 2. The summed E-state index contributed by atoms with van der Waals surface area (Å²) in [5.41, 5.74) is 3.62. The Kier molecular flexibility index (Phi) is 6.72. The van der Waals surface area contributed by atoms with Gasteiger partial charge in [-0.25, -0.2) is 4.79 Å². The number of cyclic esters (lactones) is 1. The van der Waals surface area contributed by atoms with Gasteiger partial charge < -0.3 is 14.8 Å². The predicted molar refractivity (Wildman–Crippen MR) is 116 cm³/mol. The topological polar surface area (TPSA) is 80.8 Å². The van der Waals surface area contributed by atoms with E-state index < -0.39 is 6.09 Å². The molecule has 1 aliphatic heterocycles. The molecule has 1 N–H and O–H groups in total. The summed E-state index contributed by atoms with van der Waals surface area (Å²) in [7, 11) is 1.60. The van der Waals surface area contributed by atoms with Crippen LogP contribution in [0.4, 0.5) is 10.5 Å². The van der Waals surface area contributed by atoms with E-state index in [-0.39, 0.29) is 24.0 Å². The SMILES string of the molecule is CO[C@H](C)CNC(=O)c1cc(-c2ccc(C)cn2)cc(N2C(=O)OC[C@H]2C(C)C)c1. The number of amides is 2. The van der Waals surface area contributed by atoms with Gasteiger partial charge in [0.2, 0.25) is 0 Å². The average Bonchev–Trinajstić information content (AvgIpc) is 3.13. The standard InChI is InChI=1S/C23H29N3O4/c1-14(2)21-13-30-23(28)26(21)19-9-17(20-7-6-15(3)11-24-20)8-18(10-19)22(27)25-12-16(4)29-5/h6-11,14,16,21H,12-13H2,1-5H3,(H,25,27)/t16-,21+/m1/s1. The number of hydrogen-bond donors (Lipinski definition) is 1. The van der Waals surface area contributed by atoms with Crippen LogP contribution in [0.5, 0.6) is 0 Å². The van der Waals surface area contributed by atoms with Gasteiger partial charge in [0.05, 0.1) is 17.8 Å². The van der Waals surface area contributed by atoms with Crippen molar-refractivity contribution in [3.63, 3.8) is 0 Å². The van der Waals surface area contributed by atoms with Crippen molar-refractivity contribution < 1.29 is 19.1 Å². The number of methoxy groups -OCH3 is 1. The molecule has 0 bridgehead atoms. The number of hydrogen-bond acceptors (Lipinski definition) is 5. The van der Waals surface area contributed by atoms with E-state index in [0.29, 0.717) is 24.4 Å². The molecule has 0 radical (unpaired) electrons. The lowest BCUT2D eigenvalue weighted by Crippen LogP contribution is -2.37. The number of pyridine rings is 1. The molecule has 1 saturated heterocycles. The fourth-order valence-corrected chi connectivity index (χ4v) is 3.31. The van der Waals surface area contributed by atoms with Crippen molar-refractivity contribution in [1.82, 2.24) is 10.3 Å². The first-order valence-corrected chi connectivity index (χ1v) is 10.1. The van der Waals surface area contributed by atoms with Crippen molar-refractivity contribution in [2.24, 2.45) is 5.92 Å². The molecule has 0 aliphatic carbocycles. The van der Waals surface area contributed by atoms with Gasteiger partial charge in [0.15, 0.2) is 0 Å². The van der Waals surface area contributed by atoms with Crippen LogP contribution in [0.3, 0.4) is 0 Å². The Hall–Kier alpha value is -2.93. The second kappa shape index (κ2) is 9.26. The summed E-state index contributed by atoms with van der Waals surface area (Å²) in [5.74, 6) is -0.0276. The number of nitrogens with one attached hydrogen (secondary N) is 1. The molecule has 2 amide bonds. The molecular formula is C23H29N3O4. The number of aromatic nitrogens is 1. The van der Waals surface area contributed by atoms with Gasteiger partial charge in [-0.05, 0) is 49.6 Å². The van der Waals surface area contributed by atoms with Gasteiger partial charge in [-0.3, -0.25) is 14.7 Å². The predicted octanol–water partition coefficient (Wildman–Crippen LogP) is 3.80. The van der Waals surface area contributed by atoms with Crippen LogP contribution in [0.25, 0.3) is 11.3 Å². The third-order valence-corrected chi connectivity index (χ3v) is 5.29.